The van der Waals surface area contributed by atoms with Crippen molar-refractivity contribution < 1.29 is 13.7 Å². The number of nitrogens with one attached hydrogen (secondary N) is 1. The molecule has 1 heterocycles. The van der Waals surface area contributed by atoms with Crippen molar-refractivity contribution in [3.05, 3.63) is 36.0 Å². The van der Waals surface area contributed by atoms with E-state index >= 15 is 0 Å². The fourth-order valence-electron chi connectivity index (χ4n) is 1.53. The lowest BCUT2D eigenvalue weighted by Gasteiger charge is -1.98. The molecule has 0 unspecified atom stereocenters. The summed E-state index contributed by atoms with van der Waals surface area (Å²) in [6, 6.07) is 5.79. The highest BCUT2D eigenvalue weighted by atomic mass is 19.1. The van der Waals surface area contributed by atoms with Crippen molar-refractivity contribution in [3.63, 3.8) is 0 Å². The maximum absolute atomic E-state index is 12.8. The van der Waals surface area contributed by atoms with E-state index in [2.05, 4.69) is 15.5 Å². The first-order chi connectivity index (χ1) is 9.19. The minimum absolute atomic E-state index is 0.0518. The highest BCUT2D eigenvalue weighted by molar-refractivity contribution is 5.75. The Hall–Kier alpha value is -2.24. The first-order valence-electron chi connectivity index (χ1n) is 6.04. The molecule has 0 atom stereocenters. The molecule has 0 fully saturated rings. The molecule has 1 amide bonds. The lowest BCUT2D eigenvalue weighted by atomic mass is 10.2. The summed E-state index contributed by atoms with van der Waals surface area (Å²) in [7, 11) is 0. The molecule has 19 heavy (non-hydrogen) atoms. The van der Waals surface area contributed by atoms with Crippen LogP contribution >= 0.6 is 0 Å². The summed E-state index contributed by atoms with van der Waals surface area (Å²) in [6.07, 6.45) is 1.26. The summed E-state index contributed by atoms with van der Waals surface area (Å²) in [5.41, 5.74) is 0.663. The predicted octanol–water partition coefficient (Wildman–Crippen LogP) is 2.29. The van der Waals surface area contributed by atoms with Gasteiger partial charge in [0.05, 0.1) is 6.54 Å². The van der Waals surface area contributed by atoms with Crippen molar-refractivity contribution in [2.45, 2.75) is 26.3 Å². The average molecular weight is 263 g/mol. The number of benzene rings is 1. The Morgan fingerprint density at radius 2 is 2.11 bits per heavy atom. The maximum atomic E-state index is 12.8. The van der Waals surface area contributed by atoms with Gasteiger partial charge in [0.1, 0.15) is 5.82 Å². The number of carbonyl (C=O) groups excluding carboxylic acids is 1. The lowest BCUT2D eigenvalue weighted by molar-refractivity contribution is -0.121. The number of amides is 1. The number of nitrogens with zero attached hydrogens (tertiary/aromatic N) is 2. The van der Waals surface area contributed by atoms with Gasteiger partial charge >= 0.3 is 0 Å². The van der Waals surface area contributed by atoms with E-state index in [1.165, 1.54) is 12.1 Å². The molecular formula is C13H14FN3O2. The first kappa shape index (κ1) is 13.2. The van der Waals surface area contributed by atoms with Crippen LogP contribution in [0.15, 0.2) is 28.8 Å². The van der Waals surface area contributed by atoms with Gasteiger partial charge in [-0.3, -0.25) is 4.79 Å². The van der Waals surface area contributed by atoms with Gasteiger partial charge in [-0.1, -0.05) is 12.1 Å². The molecule has 6 heteroatoms. The van der Waals surface area contributed by atoms with E-state index in [9.17, 15) is 9.18 Å². The van der Waals surface area contributed by atoms with Gasteiger partial charge in [0, 0.05) is 12.0 Å². The topological polar surface area (TPSA) is 68.0 Å². The lowest BCUT2D eigenvalue weighted by Crippen LogP contribution is -2.22. The standard InChI is InChI=1S/C13H14FN3O2/c1-2-3-11(18)15-8-12-16-13(17-19-12)9-4-6-10(14)7-5-9/h4-7H,2-3,8H2,1H3,(H,15,18). The molecular weight excluding hydrogens is 249 g/mol. The van der Waals surface area contributed by atoms with E-state index in [0.717, 1.165) is 6.42 Å². The van der Waals surface area contributed by atoms with E-state index < -0.39 is 0 Å². The van der Waals surface area contributed by atoms with E-state index in [4.69, 9.17) is 4.52 Å². The normalized spacial score (nSPS) is 10.4. The van der Waals surface area contributed by atoms with Crippen molar-refractivity contribution in [1.29, 1.82) is 0 Å². The zero-order valence-corrected chi connectivity index (χ0v) is 10.5. The summed E-state index contributed by atoms with van der Waals surface area (Å²) >= 11 is 0. The van der Waals surface area contributed by atoms with Crippen LogP contribution < -0.4 is 5.32 Å². The van der Waals surface area contributed by atoms with E-state index in [1.54, 1.807) is 12.1 Å². The largest absolute Gasteiger partial charge is 0.347 e. The summed E-state index contributed by atoms with van der Waals surface area (Å²) in [5, 5.41) is 6.46. The molecule has 0 radical (unpaired) electrons. The van der Waals surface area contributed by atoms with Crippen LogP contribution in [0.2, 0.25) is 0 Å². The van der Waals surface area contributed by atoms with Gasteiger partial charge in [-0.15, -0.1) is 0 Å². The third kappa shape index (κ3) is 3.61. The number of rotatable bonds is 5. The van der Waals surface area contributed by atoms with Crippen molar-refractivity contribution in [1.82, 2.24) is 15.5 Å². The van der Waals surface area contributed by atoms with Crippen LogP contribution in [0.25, 0.3) is 11.4 Å². The number of carbonyl (C=O) groups is 1. The molecule has 100 valence electrons. The van der Waals surface area contributed by atoms with Gasteiger partial charge in [-0.25, -0.2) is 4.39 Å². The van der Waals surface area contributed by atoms with Crippen LogP contribution in [0.1, 0.15) is 25.7 Å². The zero-order chi connectivity index (χ0) is 13.7. The molecule has 0 bridgehead atoms. The quantitative estimate of drug-likeness (QED) is 0.898. The molecule has 1 aromatic carbocycles. The Bertz CT molecular complexity index is 551. The molecule has 0 aliphatic carbocycles. The average Bonchev–Trinajstić information content (AvgIpc) is 2.86. The Kier molecular flexibility index (Phi) is 4.22. The fourth-order valence-corrected chi connectivity index (χ4v) is 1.53. The fraction of sp³-hybridized carbons (Fsp3) is 0.308. The molecule has 0 aliphatic rings. The van der Waals surface area contributed by atoms with Crippen LogP contribution in [-0.2, 0) is 11.3 Å². The van der Waals surface area contributed by atoms with Gasteiger partial charge in [0.25, 0.3) is 0 Å². The highest BCUT2D eigenvalue weighted by Crippen LogP contribution is 2.15. The number of aromatic nitrogens is 2. The van der Waals surface area contributed by atoms with E-state index in [1.807, 2.05) is 6.92 Å². The van der Waals surface area contributed by atoms with Gasteiger partial charge in [0.15, 0.2) is 0 Å². The minimum atomic E-state index is -0.320. The Morgan fingerprint density at radius 3 is 2.79 bits per heavy atom. The summed E-state index contributed by atoms with van der Waals surface area (Å²) in [4.78, 5) is 15.4. The second kappa shape index (κ2) is 6.08. The van der Waals surface area contributed by atoms with Crippen molar-refractivity contribution >= 4 is 5.91 Å². The maximum Gasteiger partial charge on any atom is 0.246 e. The Balaban J connectivity index is 1.99. The monoisotopic (exact) mass is 263 g/mol. The molecule has 1 N–H and O–H groups in total. The third-order valence-electron chi connectivity index (χ3n) is 2.48. The smallest absolute Gasteiger partial charge is 0.246 e. The van der Waals surface area contributed by atoms with Crippen LogP contribution in [0.5, 0.6) is 0 Å². The van der Waals surface area contributed by atoms with Gasteiger partial charge < -0.3 is 9.84 Å². The molecule has 2 aromatic rings. The summed E-state index contributed by atoms with van der Waals surface area (Å²) in [5.74, 6) is 0.326. The highest BCUT2D eigenvalue weighted by Gasteiger charge is 2.09. The van der Waals surface area contributed by atoms with Crippen LogP contribution in [0, 0.1) is 5.82 Å². The molecule has 2 rings (SSSR count). The number of hydrogen-bond acceptors (Lipinski definition) is 4. The second-order valence-corrected chi connectivity index (χ2v) is 4.05. The number of hydrogen-bond donors (Lipinski definition) is 1. The van der Waals surface area contributed by atoms with Gasteiger partial charge in [-0.05, 0) is 30.7 Å². The molecule has 1 aromatic heterocycles. The molecule has 5 nitrogen and oxygen atoms in total. The van der Waals surface area contributed by atoms with Crippen LogP contribution in [0.4, 0.5) is 4.39 Å². The molecule has 0 spiro atoms. The van der Waals surface area contributed by atoms with E-state index in [0.29, 0.717) is 23.7 Å². The van der Waals surface area contributed by atoms with E-state index in [-0.39, 0.29) is 18.3 Å². The van der Waals surface area contributed by atoms with Crippen molar-refractivity contribution in [2.24, 2.45) is 0 Å². The zero-order valence-electron chi connectivity index (χ0n) is 10.5. The van der Waals surface area contributed by atoms with Gasteiger partial charge in [0.2, 0.25) is 17.6 Å². The molecule has 0 aliphatic heterocycles. The predicted molar refractivity (Wildman–Crippen MR) is 66.4 cm³/mol. The summed E-state index contributed by atoms with van der Waals surface area (Å²) < 4.78 is 17.8. The SMILES string of the molecule is CCCC(=O)NCc1nc(-c2ccc(F)cc2)no1. The Labute approximate surface area is 109 Å². The van der Waals surface area contributed by atoms with Crippen molar-refractivity contribution in [2.75, 3.05) is 0 Å². The van der Waals surface area contributed by atoms with Gasteiger partial charge in [-0.2, -0.15) is 4.98 Å². The van der Waals surface area contributed by atoms with Crippen LogP contribution in [0.3, 0.4) is 0 Å². The Morgan fingerprint density at radius 1 is 1.37 bits per heavy atom. The minimum Gasteiger partial charge on any atom is -0.347 e. The molecule has 0 saturated carbocycles. The second-order valence-electron chi connectivity index (χ2n) is 4.05. The van der Waals surface area contributed by atoms with Crippen LogP contribution in [-0.4, -0.2) is 16.0 Å². The third-order valence-corrected chi connectivity index (χ3v) is 2.48. The van der Waals surface area contributed by atoms with Crippen molar-refractivity contribution in [3.8, 4) is 11.4 Å². The molecule has 0 saturated heterocycles. The summed E-state index contributed by atoms with van der Waals surface area (Å²) in [6.45, 7) is 2.13. The number of halogens is 1. The first-order valence-corrected chi connectivity index (χ1v) is 6.04.